The zero-order valence-corrected chi connectivity index (χ0v) is 8.62. The molecule has 0 aliphatic heterocycles. The van der Waals surface area contributed by atoms with Gasteiger partial charge in [0.15, 0.2) is 0 Å². The lowest BCUT2D eigenvalue weighted by Crippen LogP contribution is -2.04. The number of carbonyl (C=O) groups is 2. The number of carboxylic acid groups (broad SMARTS) is 2. The van der Waals surface area contributed by atoms with Gasteiger partial charge in [0.2, 0.25) is 0 Å². The van der Waals surface area contributed by atoms with E-state index in [0.717, 1.165) is 18.2 Å². The average Bonchev–Trinajstić information content (AvgIpc) is 2.25. The van der Waals surface area contributed by atoms with E-state index in [9.17, 15) is 19.7 Å². The third kappa shape index (κ3) is 3.26. The van der Waals surface area contributed by atoms with Gasteiger partial charge in [-0.05, 0) is 18.6 Å². The van der Waals surface area contributed by atoms with Gasteiger partial charge in [0.05, 0.1) is 10.5 Å². The third-order valence-corrected chi connectivity index (χ3v) is 2.13. The molecule has 0 fully saturated rings. The van der Waals surface area contributed by atoms with Crippen LogP contribution < -0.4 is 0 Å². The van der Waals surface area contributed by atoms with Crippen LogP contribution in [0.1, 0.15) is 22.3 Å². The molecule has 1 aromatic carbocycles. The molecule has 7 nitrogen and oxygen atoms in total. The number of aromatic carboxylic acids is 1. The summed E-state index contributed by atoms with van der Waals surface area (Å²) >= 11 is 0. The quantitative estimate of drug-likeness (QED) is 0.590. The summed E-state index contributed by atoms with van der Waals surface area (Å²) in [7, 11) is 0. The second kappa shape index (κ2) is 5.06. The molecular weight excluding hydrogens is 230 g/mol. The summed E-state index contributed by atoms with van der Waals surface area (Å²) in [5.74, 6) is -2.31. The van der Waals surface area contributed by atoms with Gasteiger partial charge in [-0.3, -0.25) is 14.9 Å². The molecule has 90 valence electrons. The van der Waals surface area contributed by atoms with Gasteiger partial charge in [-0.2, -0.15) is 0 Å². The predicted octanol–water partition coefficient (Wildman–Crippen LogP) is 1.31. The molecule has 1 aromatic rings. The van der Waals surface area contributed by atoms with Crippen molar-refractivity contribution in [2.45, 2.75) is 12.8 Å². The molecule has 0 radical (unpaired) electrons. The van der Waals surface area contributed by atoms with E-state index in [0.29, 0.717) is 0 Å². The zero-order valence-electron chi connectivity index (χ0n) is 8.62. The molecule has 0 spiro atoms. The Morgan fingerprint density at radius 2 is 1.94 bits per heavy atom. The number of nitrogens with zero attached hydrogens (tertiary/aromatic N) is 1. The SMILES string of the molecule is O=C(O)CCc1cc(C(=O)O)ccc1[N+](=O)[O-]. The van der Waals surface area contributed by atoms with Crippen molar-refractivity contribution in [3.63, 3.8) is 0 Å². The van der Waals surface area contributed by atoms with Gasteiger partial charge in [-0.15, -0.1) is 0 Å². The van der Waals surface area contributed by atoms with Crippen LogP contribution in [0.4, 0.5) is 5.69 Å². The summed E-state index contributed by atoms with van der Waals surface area (Å²) < 4.78 is 0. The fourth-order valence-electron chi connectivity index (χ4n) is 1.34. The van der Waals surface area contributed by atoms with Crippen LogP contribution in [0.3, 0.4) is 0 Å². The lowest BCUT2D eigenvalue weighted by molar-refractivity contribution is -0.385. The molecule has 0 amide bonds. The van der Waals surface area contributed by atoms with E-state index < -0.39 is 16.9 Å². The number of aliphatic carboxylic acids is 1. The van der Waals surface area contributed by atoms with Crippen LogP contribution in [-0.2, 0) is 11.2 Å². The molecule has 0 heterocycles. The highest BCUT2D eigenvalue weighted by Crippen LogP contribution is 2.21. The van der Waals surface area contributed by atoms with E-state index in [1.165, 1.54) is 0 Å². The standard InChI is InChI=1S/C10H9NO6/c12-9(13)4-2-6-5-7(10(14)15)1-3-8(6)11(16)17/h1,3,5H,2,4H2,(H,12,13)(H,14,15). The van der Waals surface area contributed by atoms with Crippen molar-refractivity contribution in [2.24, 2.45) is 0 Å². The predicted molar refractivity (Wildman–Crippen MR) is 56.0 cm³/mol. The van der Waals surface area contributed by atoms with Gasteiger partial charge in [-0.1, -0.05) is 0 Å². The summed E-state index contributed by atoms with van der Waals surface area (Å²) in [5, 5.41) is 27.9. The number of hydrogen-bond donors (Lipinski definition) is 2. The van der Waals surface area contributed by atoms with Crippen LogP contribution in [0, 0.1) is 10.1 Å². The van der Waals surface area contributed by atoms with Crippen molar-refractivity contribution in [2.75, 3.05) is 0 Å². The van der Waals surface area contributed by atoms with Crippen molar-refractivity contribution in [1.82, 2.24) is 0 Å². The first-order valence-corrected chi connectivity index (χ1v) is 4.64. The lowest BCUT2D eigenvalue weighted by Gasteiger charge is -2.02. The number of benzene rings is 1. The maximum Gasteiger partial charge on any atom is 0.335 e. The molecule has 1 rings (SSSR count). The summed E-state index contributed by atoms with van der Waals surface area (Å²) in [5.41, 5.74) is -0.260. The van der Waals surface area contributed by atoms with E-state index in [1.807, 2.05) is 0 Å². The fraction of sp³-hybridized carbons (Fsp3) is 0.200. The minimum Gasteiger partial charge on any atom is -0.481 e. The van der Waals surface area contributed by atoms with Crippen LogP contribution in [0.5, 0.6) is 0 Å². The number of hydrogen-bond acceptors (Lipinski definition) is 4. The van der Waals surface area contributed by atoms with Gasteiger partial charge in [0.25, 0.3) is 5.69 Å². The number of rotatable bonds is 5. The largest absolute Gasteiger partial charge is 0.481 e. The molecule has 0 saturated carbocycles. The van der Waals surface area contributed by atoms with Crippen molar-refractivity contribution in [1.29, 1.82) is 0 Å². The summed E-state index contributed by atoms with van der Waals surface area (Å²) in [4.78, 5) is 31.1. The number of nitro groups is 1. The van der Waals surface area contributed by atoms with E-state index in [1.54, 1.807) is 0 Å². The number of nitro benzene ring substituents is 1. The first-order valence-electron chi connectivity index (χ1n) is 4.64. The van der Waals surface area contributed by atoms with Crippen molar-refractivity contribution in [3.05, 3.63) is 39.4 Å². The molecule has 17 heavy (non-hydrogen) atoms. The summed E-state index contributed by atoms with van der Waals surface area (Å²) in [6.07, 6.45) is -0.364. The van der Waals surface area contributed by atoms with Gasteiger partial charge in [-0.25, -0.2) is 4.79 Å². The van der Waals surface area contributed by atoms with Gasteiger partial charge in [0, 0.05) is 18.1 Å². The monoisotopic (exact) mass is 239 g/mol. The Morgan fingerprint density at radius 1 is 1.29 bits per heavy atom. The van der Waals surface area contributed by atoms with Crippen LogP contribution in [0.2, 0.25) is 0 Å². The highest BCUT2D eigenvalue weighted by Gasteiger charge is 2.16. The van der Waals surface area contributed by atoms with E-state index in [4.69, 9.17) is 10.2 Å². The molecule has 0 saturated heterocycles. The minimum atomic E-state index is -1.21. The average molecular weight is 239 g/mol. The van der Waals surface area contributed by atoms with Gasteiger partial charge >= 0.3 is 11.9 Å². The molecule has 7 heteroatoms. The van der Waals surface area contributed by atoms with Crippen molar-refractivity contribution < 1.29 is 24.7 Å². The molecule has 0 aliphatic rings. The highest BCUT2D eigenvalue weighted by atomic mass is 16.6. The Hall–Kier alpha value is -2.44. The molecule has 0 atom stereocenters. The minimum absolute atomic E-state index is 0.0766. The highest BCUT2D eigenvalue weighted by molar-refractivity contribution is 5.88. The van der Waals surface area contributed by atoms with Crippen LogP contribution in [0.25, 0.3) is 0 Å². The Bertz CT molecular complexity index is 482. The Kier molecular flexibility index (Phi) is 3.76. The van der Waals surface area contributed by atoms with Gasteiger partial charge < -0.3 is 10.2 Å². The Morgan fingerprint density at radius 3 is 2.41 bits per heavy atom. The first-order chi connectivity index (χ1) is 7.91. The smallest absolute Gasteiger partial charge is 0.335 e. The van der Waals surface area contributed by atoms with E-state index in [-0.39, 0.29) is 29.7 Å². The summed E-state index contributed by atoms with van der Waals surface area (Å²) in [6.45, 7) is 0. The Balaban J connectivity index is 3.11. The molecule has 0 aliphatic carbocycles. The van der Waals surface area contributed by atoms with Gasteiger partial charge in [0.1, 0.15) is 0 Å². The zero-order chi connectivity index (χ0) is 13.0. The molecule has 0 aromatic heterocycles. The molecule has 2 N–H and O–H groups in total. The number of aryl methyl sites for hydroxylation is 1. The topological polar surface area (TPSA) is 118 Å². The number of carboxylic acids is 2. The maximum atomic E-state index is 10.7. The van der Waals surface area contributed by atoms with Crippen molar-refractivity contribution >= 4 is 17.6 Å². The third-order valence-electron chi connectivity index (χ3n) is 2.13. The second-order valence-corrected chi connectivity index (χ2v) is 3.30. The fourth-order valence-corrected chi connectivity index (χ4v) is 1.34. The first kappa shape index (κ1) is 12.6. The molecular formula is C10H9NO6. The second-order valence-electron chi connectivity index (χ2n) is 3.30. The maximum absolute atomic E-state index is 10.7. The normalized spacial score (nSPS) is 9.88. The van der Waals surface area contributed by atoms with E-state index >= 15 is 0 Å². The Labute approximate surface area is 95.5 Å². The lowest BCUT2D eigenvalue weighted by atomic mass is 10.0. The van der Waals surface area contributed by atoms with Crippen LogP contribution in [-0.4, -0.2) is 27.1 Å². The molecule has 0 unspecified atom stereocenters. The summed E-state index contributed by atoms with van der Waals surface area (Å²) in [6, 6.07) is 3.31. The molecule has 0 bridgehead atoms. The van der Waals surface area contributed by atoms with Crippen LogP contribution in [0.15, 0.2) is 18.2 Å². The van der Waals surface area contributed by atoms with Crippen molar-refractivity contribution in [3.8, 4) is 0 Å². The van der Waals surface area contributed by atoms with E-state index in [2.05, 4.69) is 0 Å². The van der Waals surface area contributed by atoms with Crippen LogP contribution >= 0.6 is 0 Å².